The highest BCUT2D eigenvalue weighted by Crippen LogP contribution is 2.32. The highest BCUT2D eigenvalue weighted by atomic mass is 16.5. The number of methoxy groups -OCH3 is 1. The Labute approximate surface area is 164 Å². The monoisotopic (exact) mass is 384 g/mol. The van der Waals surface area contributed by atoms with Gasteiger partial charge in [0.1, 0.15) is 23.2 Å². The van der Waals surface area contributed by atoms with Crippen LogP contribution in [0.5, 0.6) is 5.75 Å². The molecule has 0 amide bonds. The van der Waals surface area contributed by atoms with E-state index in [2.05, 4.69) is 22.5 Å². The highest BCUT2D eigenvalue weighted by molar-refractivity contribution is 6.06. The van der Waals surface area contributed by atoms with Gasteiger partial charge in [0.05, 0.1) is 30.9 Å². The van der Waals surface area contributed by atoms with E-state index in [1.807, 2.05) is 12.1 Å². The first-order valence-corrected chi connectivity index (χ1v) is 10.0. The number of benzene rings is 1. The first-order chi connectivity index (χ1) is 13.7. The average molecular weight is 384 g/mol. The van der Waals surface area contributed by atoms with Gasteiger partial charge in [0.25, 0.3) is 0 Å². The van der Waals surface area contributed by atoms with Crippen LogP contribution >= 0.6 is 0 Å². The maximum absolute atomic E-state index is 6.29. The van der Waals surface area contributed by atoms with E-state index < -0.39 is 0 Å². The zero-order valence-electron chi connectivity index (χ0n) is 16.6. The number of aromatic nitrogens is 3. The Kier molecular flexibility index (Phi) is 5.64. The predicted molar refractivity (Wildman–Crippen MR) is 110 cm³/mol. The molecule has 0 bridgehead atoms. The van der Waals surface area contributed by atoms with Crippen LogP contribution in [0.3, 0.4) is 0 Å². The van der Waals surface area contributed by atoms with Gasteiger partial charge in [-0.1, -0.05) is 6.92 Å². The summed E-state index contributed by atoms with van der Waals surface area (Å²) in [5, 5.41) is 1.05. The van der Waals surface area contributed by atoms with Crippen molar-refractivity contribution in [2.45, 2.75) is 45.3 Å². The predicted octanol–water partition coefficient (Wildman–Crippen LogP) is 3.32. The molecule has 4 rings (SSSR count). The molecule has 0 spiro atoms. The highest BCUT2D eigenvalue weighted by Gasteiger charge is 2.19. The van der Waals surface area contributed by atoms with Gasteiger partial charge in [0.15, 0.2) is 5.82 Å². The first-order valence-electron chi connectivity index (χ1n) is 10.0. The van der Waals surface area contributed by atoms with Crippen molar-refractivity contribution in [1.29, 1.82) is 0 Å². The fourth-order valence-electron chi connectivity index (χ4n) is 3.85. The summed E-state index contributed by atoms with van der Waals surface area (Å²) in [4.78, 5) is 9.40. The topological polar surface area (TPSA) is 84.4 Å². The number of rotatable bonds is 7. The van der Waals surface area contributed by atoms with Gasteiger partial charge in [-0.25, -0.2) is 9.97 Å². The Balaban J connectivity index is 1.77. The molecule has 0 saturated carbocycles. The normalized spacial score (nSPS) is 15.5. The number of ether oxygens (including phenoxy) is 3. The van der Waals surface area contributed by atoms with Crippen molar-refractivity contribution in [3.05, 3.63) is 24.0 Å². The zero-order chi connectivity index (χ0) is 19.5. The smallest absolute Gasteiger partial charge is 0.152 e. The third-order valence-corrected chi connectivity index (χ3v) is 5.20. The second-order valence-corrected chi connectivity index (χ2v) is 7.23. The molecule has 7 nitrogen and oxygen atoms in total. The second-order valence-electron chi connectivity index (χ2n) is 7.23. The van der Waals surface area contributed by atoms with E-state index in [1.54, 1.807) is 7.11 Å². The van der Waals surface area contributed by atoms with Gasteiger partial charge in [-0.05, 0) is 18.6 Å². The number of anilines is 1. The molecule has 1 aliphatic rings. The molecule has 2 aromatic heterocycles. The summed E-state index contributed by atoms with van der Waals surface area (Å²) in [6, 6.07) is 6.08. The lowest BCUT2D eigenvalue weighted by molar-refractivity contribution is 0.0256. The number of nitrogen functional groups attached to an aromatic ring is 1. The minimum atomic E-state index is 0.193. The summed E-state index contributed by atoms with van der Waals surface area (Å²) in [5.74, 6) is 2.27. The first kappa shape index (κ1) is 19.0. The molecule has 7 heteroatoms. The van der Waals surface area contributed by atoms with Gasteiger partial charge >= 0.3 is 0 Å². The lowest BCUT2D eigenvalue weighted by Crippen LogP contribution is -2.25. The lowest BCUT2D eigenvalue weighted by atomic mass is 10.1. The van der Waals surface area contributed by atoms with Crippen molar-refractivity contribution in [2.24, 2.45) is 0 Å². The standard InChI is InChI=1S/C21H28N4O3/c1-3-9-25-18(8-10-26-2)24-19-20(25)16-5-4-15(13-17(16)23-21(19)22)28-14-6-11-27-12-7-14/h4-5,13-14H,3,6-12H2,1-2H3,(H2,22,23). The molecule has 150 valence electrons. The van der Waals surface area contributed by atoms with Gasteiger partial charge in [0.2, 0.25) is 0 Å². The van der Waals surface area contributed by atoms with E-state index in [0.717, 1.165) is 79.0 Å². The molecule has 3 aromatic rings. The Morgan fingerprint density at radius 3 is 2.82 bits per heavy atom. The van der Waals surface area contributed by atoms with Crippen LogP contribution in [0, 0.1) is 0 Å². The Bertz CT molecular complexity index is 963. The summed E-state index contributed by atoms with van der Waals surface area (Å²) in [5.41, 5.74) is 8.94. The zero-order valence-corrected chi connectivity index (χ0v) is 16.6. The van der Waals surface area contributed by atoms with Crippen molar-refractivity contribution in [3.63, 3.8) is 0 Å². The van der Waals surface area contributed by atoms with Gasteiger partial charge in [-0.15, -0.1) is 0 Å². The number of aryl methyl sites for hydroxylation is 1. The van der Waals surface area contributed by atoms with E-state index in [-0.39, 0.29) is 6.10 Å². The molecule has 3 heterocycles. The molecule has 0 aliphatic carbocycles. The van der Waals surface area contributed by atoms with Gasteiger partial charge < -0.3 is 24.5 Å². The summed E-state index contributed by atoms with van der Waals surface area (Å²) >= 11 is 0. The van der Waals surface area contributed by atoms with Crippen molar-refractivity contribution in [3.8, 4) is 5.75 Å². The molecular formula is C21H28N4O3. The number of nitrogens with two attached hydrogens (primary N) is 1. The third kappa shape index (κ3) is 3.64. The van der Waals surface area contributed by atoms with Crippen LogP contribution in [0.2, 0.25) is 0 Å². The van der Waals surface area contributed by atoms with Gasteiger partial charge in [-0.3, -0.25) is 0 Å². The van der Waals surface area contributed by atoms with E-state index >= 15 is 0 Å². The molecule has 0 unspecified atom stereocenters. The van der Waals surface area contributed by atoms with Crippen molar-refractivity contribution in [1.82, 2.24) is 14.5 Å². The van der Waals surface area contributed by atoms with E-state index in [1.165, 1.54) is 0 Å². The van der Waals surface area contributed by atoms with E-state index in [0.29, 0.717) is 12.4 Å². The molecule has 28 heavy (non-hydrogen) atoms. The Morgan fingerprint density at radius 1 is 1.25 bits per heavy atom. The van der Waals surface area contributed by atoms with Crippen LogP contribution < -0.4 is 10.5 Å². The fraction of sp³-hybridized carbons (Fsp3) is 0.524. The minimum Gasteiger partial charge on any atom is -0.490 e. The number of nitrogens with zero attached hydrogens (tertiary/aromatic N) is 3. The Morgan fingerprint density at radius 2 is 2.07 bits per heavy atom. The summed E-state index contributed by atoms with van der Waals surface area (Å²) < 4.78 is 19.1. The number of hydrogen-bond donors (Lipinski definition) is 1. The maximum Gasteiger partial charge on any atom is 0.152 e. The molecule has 1 aliphatic heterocycles. The second kappa shape index (κ2) is 8.32. The van der Waals surface area contributed by atoms with Crippen LogP contribution in [0.1, 0.15) is 32.0 Å². The Hall–Kier alpha value is -2.38. The number of hydrogen-bond acceptors (Lipinski definition) is 6. The van der Waals surface area contributed by atoms with E-state index in [4.69, 9.17) is 24.9 Å². The lowest BCUT2D eigenvalue weighted by Gasteiger charge is -2.23. The van der Waals surface area contributed by atoms with Crippen LogP contribution in [0.4, 0.5) is 5.82 Å². The molecule has 0 radical (unpaired) electrons. The molecule has 2 N–H and O–H groups in total. The van der Waals surface area contributed by atoms with Crippen LogP contribution in [-0.4, -0.2) is 47.6 Å². The summed E-state index contributed by atoms with van der Waals surface area (Å²) in [7, 11) is 1.71. The van der Waals surface area contributed by atoms with Crippen molar-refractivity contribution < 1.29 is 14.2 Å². The van der Waals surface area contributed by atoms with E-state index in [9.17, 15) is 0 Å². The van der Waals surface area contributed by atoms with Crippen LogP contribution in [0.25, 0.3) is 21.9 Å². The van der Waals surface area contributed by atoms with Gasteiger partial charge in [0, 0.05) is 44.4 Å². The van der Waals surface area contributed by atoms with Crippen molar-refractivity contribution in [2.75, 3.05) is 32.7 Å². The average Bonchev–Trinajstić information content (AvgIpc) is 3.07. The largest absolute Gasteiger partial charge is 0.490 e. The SMILES string of the molecule is CCCn1c(CCOC)nc2c(N)nc3cc(OC4CCOCC4)ccc3c21. The number of pyridine rings is 1. The minimum absolute atomic E-state index is 0.193. The molecule has 1 aromatic carbocycles. The van der Waals surface area contributed by atoms with Crippen LogP contribution in [0.15, 0.2) is 18.2 Å². The van der Waals surface area contributed by atoms with Crippen LogP contribution in [-0.2, 0) is 22.4 Å². The molecular weight excluding hydrogens is 356 g/mol. The maximum atomic E-state index is 6.29. The fourth-order valence-corrected chi connectivity index (χ4v) is 3.85. The molecule has 1 fully saturated rings. The molecule has 0 atom stereocenters. The molecule has 1 saturated heterocycles. The van der Waals surface area contributed by atoms with Gasteiger partial charge in [-0.2, -0.15) is 0 Å². The number of imidazole rings is 1. The van der Waals surface area contributed by atoms with Crippen molar-refractivity contribution >= 4 is 27.8 Å². The summed E-state index contributed by atoms with van der Waals surface area (Å²) in [6.45, 7) is 5.18. The quantitative estimate of drug-likeness (QED) is 0.673. The number of fused-ring (bicyclic) bond motifs is 3. The third-order valence-electron chi connectivity index (χ3n) is 5.20. The summed E-state index contributed by atoms with van der Waals surface area (Å²) in [6.07, 6.45) is 3.79.